The number of hydrogen-bond donors (Lipinski definition) is 2. The van der Waals surface area contributed by atoms with Crippen molar-refractivity contribution in [3.8, 4) is 5.75 Å². The Hall–Kier alpha value is -3.04. The van der Waals surface area contributed by atoms with Crippen LogP contribution < -0.4 is 15.5 Å². The maximum Gasteiger partial charge on any atom is 0.422 e. The van der Waals surface area contributed by atoms with Crippen molar-refractivity contribution in [1.29, 1.82) is 0 Å². The van der Waals surface area contributed by atoms with E-state index in [4.69, 9.17) is 22.1 Å². The molecule has 2 atom stereocenters. The molecular formula is C31H46BN3O5. The second-order valence-corrected chi connectivity index (χ2v) is 10.9. The molecule has 0 saturated heterocycles. The molecule has 2 aromatic carbocycles. The predicted molar refractivity (Wildman–Crippen MR) is 159 cm³/mol. The molecule has 2 aromatic rings. The van der Waals surface area contributed by atoms with Crippen molar-refractivity contribution in [3.05, 3.63) is 65.7 Å². The topological polar surface area (TPSA) is 89.1 Å². The summed E-state index contributed by atoms with van der Waals surface area (Å²) in [5.41, 5.74) is 4.23. The average molecular weight is 552 g/mol. The number of unbranched alkanes of at least 4 members (excludes halogenated alkanes) is 2. The van der Waals surface area contributed by atoms with E-state index in [-0.39, 0.29) is 0 Å². The summed E-state index contributed by atoms with van der Waals surface area (Å²) in [6, 6.07) is 17.2. The van der Waals surface area contributed by atoms with Crippen LogP contribution >= 0.6 is 0 Å². The van der Waals surface area contributed by atoms with Crippen LogP contribution in [0, 0.1) is 0 Å². The summed E-state index contributed by atoms with van der Waals surface area (Å²) >= 11 is 0. The van der Waals surface area contributed by atoms with Crippen LogP contribution in [0.3, 0.4) is 0 Å². The fraction of sp³-hybridized carbons (Fsp3) is 0.548. The van der Waals surface area contributed by atoms with Gasteiger partial charge in [-0.05, 0) is 63.3 Å². The second kappa shape index (κ2) is 17.6. The Balaban J connectivity index is 2.27. The summed E-state index contributed by atoms with van der Waals surface area (Å²) in [7, 11) is 5.61. The van der Waals surface area contributed by atoms with Crippen LogP contribution in [-0.2, 0) is 22.4 Å². The summed E-state index contributed by atoms with van der Waals surface area (Å²) < 4.78 is 17.6. The van der Waals surface area contributed by atoms with Crippen molar-refractivity contribution in [3.63, 3.8) is 0 Å². The first-order chi connectivity index (χ1) is 19.1. The van der Waals surface area contributed by atoms with E-state index in [1.54, 1.807) is 5.01 Å². The Labute approximate surface area is 241 Å². The molecule has 0 saturated carbocycles. The number of hydrazine groups is 1. The third-order valence-electron chi connectivity index (χ3n) is 6.02. The molecule has 0 bridgehead atoms. The van der Waals surface area contributed by atoms with E-state index >= 15 is 0 Å². The SMILES string of the molecule is [B]C(=O)N[C@H](Cc1ccc(OCCCC)cc1)[C@@H](CN(Cc1ccccc1)NC(=O)OC(C)(C)C)OCCCC. The van der Waals surface area contributed by atoms with Crippen LogP contribution in [0.5, 0.6) is 5.75 Å². The molecule has 0 fully saturated rings. The minimum Gasteiger partial charge on any atom is -0.494 e. The molecule has 0 aromatic heterocycles. The van der Waals surface area contributed by atoms with E-state index in [2.05, 4.69) is 24.6 Å². The molecule has 0 spiro atoms. The highest BCUT2D eigenvalue weighted by Crippen LogP contribution is 2.17. The van der Waals surface area contributed by atoms with E-state index < -0.39 is 29.6 Å². The molecule has 2 amide bonds. The number of ether oxygens (including phenoxy) is 3. The summed E-state index contributed by atoms with van der Waals surface area (Å²) in [4.78, 5) is 24.8. The largest absolute Gasteiger partial charge is 0.494 e. The summed E-state index contributed by atoms with van der Waals surface area (Å²) in [6.45, 7) is 11.6. The Morgan fingerprint density at radius 2 is 1.57 bits per heavy atom. The number of carbonyl (C=O) groups excluding carboxylic acids is 2. The third-order valence-corrected chi connectivity index (χ3v) is 6.02. The molecule has 40 heavy (non-hydrogen) atoms. The predicted octanol–water partition coefficient (Wildman–Crippen LogP) is 5.78. The van der Waals surface area contributed by atoms with Crippen molar-refractivity contribution in [1.82, 2.24) is 15.8 Å². The number of hydrogen-bond acceptors (Lipinski definition) is 6. The van der Waals surface area contributed by atoms with Gasteiger partial charge >= 0.3 is 6.09 Å². The number of benzene rings is 2. The maximum atomic E-state index is 12.7. The summed E-state index contributed by atoms with van der Waals surface area (Å²) in [6.07, 6.45) is 3.35. The molecule has 2 N–H and O–H groups in total. The summed E-state index contributed by atoms with van der Waals surface area (Å²) in [5.74, 6) is 0.172. The minimum absolute atomic E-state index is 0.293. The van der Waals surface area contributed by atoms with Crippen LogP contribution in [0.2, 0.25) is 0 Å². The average Bonchev–Trinajstić information content (AvgIpc) is 2.88. The van der Waals surface area contributed by atoms with Crippen molar-refractivity contribution in [2.45, 2.75) is 91.0 Å². The minimum atomic E-state index is -0.651. The standard InChI is InChI=1S/C31H46BN3O5/c1-6-8-19-38-26-17-15-24(16-18-26)21-27(33-29(32)36)28(39-20-9-7-2)23-35(22-25-13-11-10-12-14-25)34-30(37)40-31(3,4)5/h10-18,27-28H,6-9,19-23H2,1-5H3,(H,33,36)(H,34,37)/t27-,28-/m1/s1. The monoisotopic (exact) mass is 551 g/mol. The Bertz CT molecular complexity index is 998. The molecular weight excluding hydrogens is 505 g/mol. The molecule has 2 radical (unpaired) electrons. The van der Waals surface area contributed by atoms with Gasteiger partial charge in [0.1, 0.15) is 11.4 Å². The zero-order chi connectivity index (χ0) is 29.4. The quantitative estimate of drug-likeness (QED) is 0.147. The van der Waals surface area contributed by atoms with E-state index in [1.165, 1.54) is 0 Å². The van der Waals surface area contributed by atoms with Gasteiger partial charge < -0.3 is 19.5 Å². The normalized spacial score (nSPS) is 12.9. The van der Waals surface area contributed by atoms with Gasteiger partial charge in [-0.1, -0.05) is 69.2 Å². The van der Waals surface area contributed by atoms with Crippen molar-refractivity contribution >= 4 is 19.7 Å². The lowest BCUT2D eigenvalue weighted by Gasteiger charge is -2.34. The first-order valence-electron chi connectivity index (χ1n) is 14.3. The molecule has 0 aliphatic carbocycles. The second-order valence-electron chi connectivity index (χ2n) is 10.9. The molecule has 0 unspecified atom stereocenters. The molecule has 2 rings (SSSR count). The lowest BCUT2D eigenvalue weighted by atomic mass is 9.98. The zero-order valence-electron chi connectivity index (χ0n) is 24.8. The first-order valence-corrected chi connectivity index (χ1v) is 14.3. The highest BCUT2D eigenvalue weighted by atomic mass is 16.6. The molecule has 9 heteroatoms. The fourth-order valence-electron chi connectivity index (χ4n) is 4.04. The van der Waals surface area contributed by atoms with E-state index in [9.17, 15) is 9.59 Å². The van der Waals surface area contributed by atoms with E-state index in [0.29, 0.717) is 32.7 Å². The van der Waals surface area contributed by atoms with Crippen molar-refractivity contribution in [2.24, 2.45) is 0 Å². The number of carbonyl (C=O) groups is 2. The van der Waals surface area contributed by atoms with Gasteiger partial charge in [-0.25, -0.2) is 9.80 Å². The van der Waals surface area contributed by atoms with Crippen LogP contribution in [-0.4, -0.2) is 62.3 Å². The van der Waals surface area contributed by atoms with Crippen LogP contribution in [0.15, 0.2) is 54.6 Å². The van der Waals surface area contributed by atoms with Gasteiger partial charge in [0.05, 0.1) is 18.8 Å². The smallest absolute Gasteiger partial charge is 0.422 e. The molecule has 8 nitrogen and oxygen atoms in total. The van der Waals surface area contributed by atoms with Gasteiger partial charge in [-0.15, -0.1) is 0 Å². The molecule has 0 aliphatic rings. The van der Waals surface area contributed by atoms with Gasteiger partial charge in [-0.2, -0.15) is 0 Å². The van der Waals surface area contributed by atoms with Crippen LogP contribution in [0.1, 0.15) is 71.4 Å². The molecule has 218 valence electrons. The molecule has 0 heterocycles. The number of amides is 2. The van der Waals surface area contributed by atoms with Crippen molar-refractivity contribution < 1.29 is 23.8 Å². The van der Waals surface area contributed by atoms with E-state index in [0.717, 1.165) is 42.6 Å². The zero-order valence-corrected chi connectivity index (χ0v) is 24.8. The Kier molecular flexibility index (Phi) is 14.6. The molecule has 0 aliphatic heterocycles. The number of rotatable bonds is 17. The lowest BCUT2D eigenvalue weighted by Crippen LogP contribution is -2.54. The Morgan fingerprint density at radius 1 is 0.925 bits per heavy atom. The lowest BCUT2D eigenvalue weighted by molar-refractivity contribution is -0.0170. The highest BCUT2D eigenvalue weighted by Gasteiger charge is 2.28. The Morgan fingerprint density at radius 3 is 2.17 bits per heavy atom. The maximum absolute atomic E-state index is 12.7. The van der Waals surface area contributed by atoms with Gasteiger partial charge in [0.15, 0.2) is 5.81 Å². The van der Waals surface area contributed by atoms with Gasteiger partial charge in [0.2, 0.25) is 7.85 Å². The van der Waals surface area contributed by atoms with Gasteiger partial charge in [0, 0.05) is 19.7 Å². The fourth-order valence-corrected chi connectivity index (χ4v) is 4.04. The van der Waals surface area contributed by atoms with Crippen LogP contribution in [0.25, 0.3) is 0 Å². The highest BCUT2D eigenvalue weighted by molar-refractivity contribution is 6.57. The first kappa shape index (κ1) is 33.2. The third kappa shape index (κ3) is 13.9. The van der Waals surface area contributed by atoms with Crippen LogP contribution in [0.4, 0.5) is 9.59 Å². The van der Waals surface area contributed by atoms with E-state index in [1.807, 2.05) is 75.4 Å². The number of nitrogens with zero attached hydrogens (tertiary/aromatic N) is 1. The number of nitrogens with one attached hydrogen (secondary N) is 2. The van der Waals surface area contributed by atoms with Gasteiger partial charge in [0.25, 0.3) is 0 Å². The van der Waals surface area contributed by atoms with Gasteiger partial charge in [-0.3, -0.25) is 10.2 Å². The van der Waals surface area contributed by atoms with Crippen molar-refractivity contribution in [2.75, 3.05) is 19.8 Å². The summed E-state index contributed by atoms with van der Waals surface area (Å²) in [5, 5.41) is 4.65.